The second kappa shape index (κ2) is 17.1. The van der Waals surface area contributed by atoms with Crippen LogP contribution in [0.4, 0.5) is 11.4 Å². The molecule has 0 saturated carbocycles. The van der Waals surface area contributed by atoms with Gasteiger partial charge in [0.05, 0.1) is 18.8 Å². The maximum Gasteiger partial charge on any atom is 0.224 e. The highest BCUT2D eigenvalue weighted by Crippen LogP contribution is 2.43. The van der Waals surface area contributed by atoms with E-state index in [1.807, 2.05) is 72.8 Å². The number of benzene rings is 3. The highest BCUT2D eigenvalue weighted by molar-refractivity contribution is 7.99. The van der Waals surface area contributed by atoms with Crippen LogP contribution in [0.2, 0.25) is 0 Å². The number of ether oxygens (including phenoxy) is 2. The SMILES string of the molecule is CC(=O)NCCCCCC(=O)Nc1ccc([C@@H]2O[C@H](CSc3ccc(NC(C)=O)cc3)[C@H](C)[C@H](c3ccc(CO)cc3)O2)cc1. The summed E-state index contributed by atoms with van der Waals surface area (Å²) in [6.07, 6.45) is 1.92. The largest absolute Gasteiger partial charge is 0.392 e. The minimum atomic E-state index is -0.607. The standard InChI is InChI=1S/C35H43N3O6S/c1-23-32(22-45-31-18-16-29(17-19-31)37-25(3)41)43-35(44-34(23)27-10-8-26(21-39)9-11-27)28-12-14-30(15-13-28)38-33(42)7-5-4-6-20-36-24(2)40/h8-19,23,32,34-35,39H,4-7,20-22H2,1-3H3,(H,36,40)(H,37,41)(H,38,42)/t23-,32+,34+,35+/m0/s1. The molecule has 240 valence electrons. The van der Waals surface area contributed by atoms with Crippen molar-refractivity contribution in [3.63, 3.8) is 0 Å². The summed E-state index contributed by atoms with van der Waals surface area (Å²) < 4.78 is 13.1. The molecule has 1 saturated heterocycles. The zero-order valence-corrected chi connectivity index (χ0v) is 26.9. The fraction of sp³-hybridized carbons (Fsp3) is 0.400. The van der Waals surface area contributed by atoms with Crippen molar-refractivity contribution in [2.75, 3.05) is 22.9 Å². The molecule has 10 heteroatoms. The minimum absolute atomic E-state index is 0.0193. The summed E-state index contributed by atoms with van der Waals surface area (Å²) in [6.45, 7) is 5.73. The molecule has 3 aromatic carbocycles. The predicted octanol–water partition coefficient (Wildman–Crippen LogP) is 6.36. The van der Waals surface area contributed by atoms with Gasteiger partial charge >= 0.3 is 0 Å². The quantitative estimate of drug-likeness (QED) is 0.120. The minimum Gasteiger partial charge on any atom is -0.392 e. The Labute approximate surface area is 269 Å². The van der Waals surface area contributed by atoms with Gasteiger partial charge in [0.2, 0.25) is 17.7 Å². The van der Waals surface area contributed by atoms with Crippen LogP contribution in [0.3, 0.4) is 0 Å². The first kappa shape index (κ1) is 34.2. The van der Waals surface area contributed by atoms with Gasteiger partial charge in [-0.25, -0.2) is 0 Å². The summed E-state index contributed by atoms with van der Waals surface area (Å²) in [5.41, 5.74) is 4.17. The zero-order chi connectivity index (χ0) is 32.2. The lowest BCUT2D eigenvalue weighted by Gasteiger charge is -2.41. The van der Waals surface area contributed by atoms with Gasteiger partial charge in [-0.2, -0.15) is 0 Å². The number of carbonyl (C=O) groups excluding carboxylic acids is 3. The molecule has 4 rings (SSSR count). The molecule has 4 atom stereocenters. The molecule has 3 amide bonds. The fourth-order valence-corrected chi connectivity index (χ4v) is 6.19. The Balaban J connectivity index is 1.40. The van der Waals surface area contributed by atoms with E-state index in [0.717, 1.165) is 46.5 Å². The van der Waals surface area contributed by atoms with Crippen molar-refractivity contribution < 1.29 is 29.0 Å². The molecule has 1 aliphatic rings. The van der Waals surface area contributed by atoms with Crippen LogP contribution in [0.1, 0.15) is 75.5 Å². The lowest BCUT2D eigenvalue weighted by Crippen LogP contribution is -2.38. The van der Waals surface area contributed by atoms with Crippen LogP contribution in [0, 0.1) is 5.92 Å². The summed E-state index contributed by atoms with van der Waals surface area (Å²) in [5, 5.41) is 18.0. The first-order valence-electron chi connectivity index (χ1n) is 15.4. The predicted molar refractivity (Wildman–Crippen MR) is 177 cm³/mol. The molecular weight excluding hydrogens is 590 g/mol. The van der Waals surface area contributed by atoms with E-state index in [2.05, 4.69) is 22.9 Å². The van der Waals surface area contributed by atoms with Crippen molar-refractivity contribution in [3.8, 4) is 0 Å². The zero-order valence-electron chi connectivity index (χ0n) is 26.1. The highest BCUT2D eigenvalue weighted by Gasteiger charge is 2.38. The van der Waals surface area contributed by atoms with Crippen LogP contribution >= 0.6 is 11.8 Å². The van der Waals surface area contributed by atoms with E-state index in [1.165, 1.54) is 13.8 Å². The molecular formula is C35H43N3O6S. The van der Waals surface area contributed by atoms with E-state index < -0.39 is 6.29 Å². The third-order valence-corrected chi connectivity index (χ3v) is 8.73. The number of hydrogen-bond donors (Lipinski definition) is 4. The molecule has 4 N–H and O–H groups in total. The van der Waals surface area contributed by atoms with E-state index in [0.29, 0.717) is 24.4 Å². The van der Waals surface area contributed by atoms with Crippen molar-refractivity contribution in [2.45, 2.75) is 76.5 Å². The molecule has 45 heavy (non-hydrogen) atoms. The van der Waals surface area contributed by atoms with E-state index in [-0.39, 0.29) is 42.5 Å². The summed E-state index contributed by atoms with van der Waals surface area (Å²) in [4.78, 5) is 35.8. The van der Waals surface area contributed by atoms with Gasteiger partial charge in [-0.3, -0.25) is 14.4 Å². The number of hydrogen-bond acceptors (Lipinski definition) is 7. The second-order valence-corrected chi connectivity index (χ2v) is 12.4. The topological polar surface area (TPSA) is 126 Å². The molecule has 1 aliphatic heterocycles. The third kappa shape index (κ3) is 10.7. The van der Waals surface area contributed by atoms with Crippen LogP contribution in [0.5, 0.6) is 0 Å². The Bertz CT molecular complexity index is 1400. The van der Waals surface area contributed by atoms with Gasteiger partial charge in [-0.1, -0.05) is 49.7 Å². The number of aliphatic hydroxyl groups excluding tert-OH is 1. The number of nitrogens with one attached hydrogen (secondary N) is 3. The van der Waals surface area contributed by atoms with Gasteiger partial charge in [0.1, 0.15) is 0 Å². The molecule has 0 unspecified atom stereocenters. The molecule has 0 aromatic heterocycles. The van der Waals surface area contributed by atoms with Crippen molar-refractivity contribution in [1.82, 2.24) is 5.32 Å². The number of anilines is 2. The van der Waals surface area contributed by atoms with Crippen LogP contribution in [0.25, 0.3) is 0 Å². The van der Waals surface area contributed by atoms with E-state index in [1.54, 1.807) is 11.8 Å². The number of carbonyl (C=O) groups is 3. The smallest absolute Gasteiger partial charge is 0.224 e. The number of rotatable bonds is 14. The lowest BCUT2D eigenvalue weighted by atomic mass is 9.91. The number of aliphatic hydroxyl groups is 1. The van der Waals surface area contributed by atoms with Gasteiger partial charge in [-0.15, -0.1) is 11.8 Å². The first-order chi connectivity index (χ1) is 21.7. The maximum atomic E-state index is 12.5. The van der Waals surface area contributed by atoms with Crippen LogP contribution in [0.15, 0.2) is 77.7 Å². The van der Waals surface area contributed by atoms with Crippen molar-refractivity contribution in [2.24, 2.45) is 5.92 Å². The van der Waals surface area contributed by atoms with Crippen molar-refractivity contribution >= 4 is 40.9 Å². The lowest BCUT2D eigenvalue weighted by molar-refractivity contribution is -0.268. The van der Waals surface area contributed by atoms with Gasteiger partial charge in [0.25, 0.3) is 0 Å². The summed E-state index contributed by atoms with van der Waals surface area (Å²) in [6, 6.07) is 23.1. The van der Waals surface area contributed by atoms with Crippen LogP contribution in [-0.4, -0.2) is 41.2 Å². The van der Waals surface area contributed by atoms with E-state index in [9.17, 15) is 19.5 Å². The summed E-state index contributed by atoms with van der Waals surface area (Å²) in [7, 11) is 0. The van der Waals surface area contributed by atoms with Crippen molar-refractivity contribution in [3.05, 3.63) is 89.5 Å². The maximum absolute atomic E-state index is 12.5. The van der Waals surface area contributed by atoms with Crippen molar-refractivity contribution in [1.29, 1.82) is 0 Å². The monoisotopic (exact) mass is 633 g/mol. The van der Waals surface area contributed by atoms with Gasteiger partial charge in [-0.05, 0) is 60.4 Å². The van der Waals surface area contributed by atoms with E-state index >= 15 is 0 Å². The summed E-state index contributed by atoms with van der Waals surface area (Å²) in [5.74, 6) is 0.554. The molecule has 9 nitrogen and oxygen atoms in total. The fourth-order valence-electron chi connectivity index (χ4n) is 5.12. The van der Waals surface area contributed by atoms with Gasteiger partial charge in [0.15, 0.2) is 6.29 Å². The molecule has 0 spiro atoms. The summed E-state index contributed by atoms with van der Waals surface area (Å²) >= 11 is 1.69. The Morgan fingerprint density at radius 1 is 0.778 bits per heavy atom. The number of amides is 3. The molecule has 1 fully saturated rings. The molecule has 3 aromatic rings. The molecule has 0 radical (unpaired) electrons. The third-order valence-electron chi connectivity index (χ3n) is 7.63. The molecule has 0 aliphatic carbocycles. The van der Waals surface area contributed by atoms with E-state index in [4.69, 9.17) is 9.47 Å². The van der Waals surface area contributed by atoms with Crippen LogP contribution < -0.4 is 16.0 Å². The van der Waals surface area contributed by atoms with Crippen LogP contribution in [-0.2, 0) is 30.5 Å². The molecule has 0 bridgehead atoms. The van der Waals surface area contributed by atoms with Gasteiger partial charge < -0.3 is 30.5 Å². The average molecular weight is 634 g/mol. The Hall–Kier alpha value is -3.70. The second-order valence-electron chi connectivity index (χ2n) is 11.3. The Morgan fingerprint density at radius 3 is 2.07 bits per heavy atom. The Morgan fingerprint density at radius 2 is 1.42 bits per heavy atom. The highest BCUT2D eigenvalue weighted by atomic mass is 32.2. The van der Waals surface area contributed by atoms with Gasteiger partial charge in [0, 0.05) is 60.3 Å². The average Bonchev–Trinajstić information content (AvgIpc) is 3.03. The molecule has 1 heterocycles. The number of unbranched alkanes of at least 4 members (excludes halogenated alkanes) is 2. The normalized spacial score (nSPS) is 19.5. The number of thioether (sulfide) groups is 1. The first-order valence-corrected chi connectivity index (χ1v) is 16.4. The Kier molecular flexibility index (Phi) is 13.0.